The molecule has 1 aromatic carbocycles. The Kier molecular flexibility index (Phi) is 3.23. The highest BCUT2D eigenvalue weighted by Gasteiger charge is 2.09. The Balaban J connectivity index is 1.85. The van der Waals surface area contributed by atoms with E-state index in [9.17, 15) is 4.79 Å². The molecule has 7 heteroatoms. The molecule has 0 saturated carbocycles. The van der Waals surface area contributed by atoms with Crippen LogP contribution in [0.2, 0.25) is 0 Å². The van der Waals surface area contributed by atoms with Crippen LogP contribution in [0.4, 0.5) is 11.6 Å². The minimum atomic E-state index is -0.198. The number of aryl methyl sites for hydroxylation is 1. The van der Waals surface area contributed by atoms with Gasteiger partial charge in [0.05, 0.1) is 11.2 Å². The first kappa shape index (κ1) is 13.0. The fourth-order valence-corrected chi connectivity index (χ4v) is 2.13. The first-order valence-electron chi connectivity index (χ1n) is 6.43. The molecule has 0 saturated heterocycles. The van der Waals surface area contributed by atoms with Crippen molar-refractivity contribution in [1.29, 1.82) is 0 Å². The van der Waals surface area contributed by atoms with Gasteiger partial charge in [0.1, 0.15) is 12.9 Å². The van der Waals surface area contributed by atoms with Crippen LogP contribution in [0, 0.1) is 6.92 Å². The van der Waals surface area contributed by atoms with Gasteiger partial charge in [-0.15, -0.1) is 5.10 Å². The topological polar surface area (TPSA) is 98.7 Å². The van der Waals surface area contributed by atoms with Crippen molar-refractivity contribution in [2.45, 2.75) is 13.5 Å². The van der Waals surface area contributed by atoms with Crippen molar-refractivity contribution in [2.75, 3.05) is 11.1 Å². The zero-order chi connectivity index (χ0) is 14.8. The number of carbonyl (C=O) groups excluding carboxylic acids is 1. The molecule has 0 spiro atoms. The number of para-hydroxylation sites is 1. The van der Waals surface area contributed by atoms with Gasteiger partial charge in [0.15, 0.2) is 0 Å². The molecule has 0 aliphatic carbocycles. The van der Waals surface area contributed by atoms with Crippen LogP contribution in [0.15, 0.2) is 36.7 Å². The van der Waals surface area contributed by atoms with Crippen LogP contribution < -0.4 is 11.1 Å². The number of rotatable bonds is 3. The smallest absolute Gasteiger partial charge is 0.246 e. The number of nitrogens with one attached hydrogen (secondary N) is 1. The summed E-state index contributed by atoms with van der Waals surface area (Å²) in [6, 6.07) is 9.50. The fourth-order valence-electron chi connectivity index (χ4n) is 2.13. The van der Waals surface area contributed by atoms with E-state index >= 15 is 0 Å². The molecule has 2 aromatic heterocycles. The summed E-state index contributed by atoms with van der Waals surface area (Å²) in [4.78, 5) is 20.3. The quantitative estimate of drug-likeness (QED) is 0.755. The van der Waals surface area contributed by atoms with E-state index in [1.54, 1.807) is 0 Å². The normalized spacial score (nSPS) is 10.7. The molecular weight excluding hydrogens is 268 g/mol. The van der Waals surface area contributed by atoms with E-state index in [2.05, 4.69) is 20.4 Å². The summed E-state index contributed by atoms with van der Waals surface area (Å²) in [5.74, 6) is -0.0522. The van der Waals surface area contributed by atoms with Crippen molar-refractivity contribution in [2.24, 2.45) is 0 Å². The highest BCUT2D eigenvalue weighted by molar-refractivity contribution is 6.00. The summed E-state index contributed by atoms with van der Waals surface area (Å²) in [6.07, 6.45) is 1.42. The Hall–Kier alpha value is -2.96. The van der Waals surface area contributed by atoms with Crippen molar-refractivity contribution in [3.05, 3.63) is 42.4 Å². The fraction of sp³-hybridized carbons (Fsp3) is 0.143. The van der Waals surface area contributed by atoms with E-state index in [-0.39, 0.29) is 18.4 Å². The number of nitrogen functional groups attached to an aromatic ring is 1. The van der Waals surface area contributed by atoms with E-state index < -0.39 is 0 Å². The van der Waals surface area contributed by atoms with Crippen LogP contribution in [-0.4, -0.2) is 25.7 Å². The lowest BCUT2D eigenvalue weighted by molar-refractivity contribution is -0.116. The maximum Gasteiger partial charge on any atom is 0.246 e. The van der Waals surface area contributed by atoms with Gasteiger partial charge in [-0.05, 0) is 19.1 Å². The summed E-state index contributed by atoms with van der Waals surface area (Å²) < 4.78 is 1.39. The molecule has 1 amide bonds. The number of pyridine rings is 1. The lowest BCUT2D eigenvalue weighted by Crippen LogP contribution is -2.19. The molecule has 0 bridgehead atoms. The van der Waals surface area contributed by atoms with Gasteiger partial charge in [-0.2, -0.15) is 0 Å². The minimum Gasteiger partial charge on any atom is -0.367 e. The van der Waals surface area contributed by atoms with Crippen LogP contribution in [0.3, 0.4) is 0 Å². The number of benzene rings is 1. The van der Waals surface area contributed by atoms with Crippen molar-refractivity contribution in [3.8, 4) is 0 Å². The predicted octanol–water partition coefficient (Wildman–Crippen LogP) is 1.36. The largest absolute Gasteiger partial charge is 0.367 e. The molecule has 2 heterocycles. The third-order valence-corrected chi connectivity index (χ3v) is 2.98. The van der Waals surface area contributed by atoms with Crippen molar-refractivity contribution >= 4 is 28.4 Å². The van der Waals surface area contributed by atoms with Gasteiger partial charge in [-0.3, -0.25) is 9.78 Å². The average molecular weight is 282 g/mol. The van der Waals surface area contributed by atoms with E-state index in [4.69, 9.17) is 5.73 Å². The lowest BCUT2D eigenvalue weighted by Gasteiger charge is -2.09. The first-order chi connectivity index (χ1) is 10.1. The van der Waals surface area contributed by atoms with Gasteiger partial charge < -0.3 is 11.1 Å². The summed E-state index contributed by atoms with van der Waals surface area (Å²) in [6.45, 7) is 1.94. The Bertz CT molecular complexity index is 810. The van der Waals surface area contributed by atoms with Crippen LogP contribution in [0.5, 0.6) is 0 Å². The molecule has 7 nitrogen and oxygen atoms in total. The minimum absolute atomic E-state index is 0.0555. The van der Waals surface area contributed by atoms with Gasteiger partial charge in [0.25, 0.3) is 0 Å². The van der Waals surface area contributed by atoms with E-state index in [0.29, 0.717) is 0 Å². The van der Waals surface area contributed by atoms with Crippen LogP contribution in [0.25, 0.3) is 10.9 Å². The Morgan fingerprint density at radius 2 is 2.19 bits per heavy atom. The number of nitrogens with two attached hydrogens (primary N) is 1. The van der Waals surface area contributed by atoms with Crippen LogP contribution in [-0.2, 0) is 11.3 Å². The van der Waals surface area contributed by atoms with Crippen LogP contribution >= 0.6 is 0 Å². The summed E-state index contributed by atoms with van der Waals surface area (Å²) >= 11 is 0. The SMILES string of the molecule is Cc1cc(NC(=O)Cn2cnc(N)n2)c2ccccc2n1. The van der Waals surface area contributed by atoms with E-state index in [1.807, 2.05) is 37.3 Å². The molecule has 0 unspecified atom stereocenters. The standard InChI is InChI=1S/C14H14N6O/c1-9-6-12(10-4-2-3-5-11(10)17-9)18-13(21)7-20-8-16-14(15)19-20/h2-6,8H,7H2,1H3,(H2,15,19)(H,17,18,21). The first-order valence-corrected chi connectivity index (χ1v) is 6.43. The predicted molar refractivity (Wildman–Crippen MR) is 79.5 cm³/mol. The Morgan fingerprint density at radius 3 is 2.95 bits per heavy atom. The summed E-state index contributed by atoms with van der Waals surface area (Å²) in [5.41, 5.74) is 7.84. The van der Waals surface area contributed by atoms with Gasteiger partial charge >= 0.3 is 0 Å². The monoisotopic (exact) mass is 282 g/mol. The molecule has 0 aliphatic rings. The maximum atomic E-state index is 12.1. The molecule has 0 aliphatic heterocycles. The highest BCUT2D eigenvalue weighted by Crippen LogP contribution is 2.22. The van der Waals surface area contributed by atoms with Gasteiger partial charge in [-0.1, -0.05) is 18.2 Å². The van der Waals surface area contributed by atoms with Crippen LogP contribution in [0.1, 0.15) is 5.69 Å². The van der Waals surface area contributed by atoms with Gasteiger partial charge in [0, 0.05) is 11.1 Å². The Morgan fingerprint density at radius 1 is 1.38 bits per heavy atom. The number of amides is 1. The molecule has 21 heavy (non-hydrogen) atoms. The lowest BCUT2D eigenvalue weighted by atomic mass is 10.1. The number of hydrogen-bond acceptors (Lipinski definition) is 5. The van der Waals surface area contributed by atoms with Gasteiger partial charge in [-0.25, -0.2) is 9.67 Å². The summed E-state index contributed by atoms with van der Waals surface area (Å²) in [5, 5.41) is 7.66. The number of hydrogen-bond donors (Lipinski definition) is 2. The molecule has 3 aromatic rings. The maximum absolute atomic E-state index is 12.1. The van der Waals surface area contributed by atoms with E-state index in [0.717, 1.165) is 22.3 Å². The van der Waals surface area contributed by atoms with E-state index in [1.165, 1.54) is 11.0 Å². The second-order valence-corrected chi connectivity index (χ2v) is 4.68. The second-order valence-electron chi connectivity index (χ2n) is 4.68. The molecule has 0 radical (unpaired) electrons. The van der Waals surface area contributed by atoms with Crippen molar-refractivity contribution in [1.82, 2.24) is 19.7 Å². The number of carbonyl (C=O) groups is 1. The number of fused-ring (bicyclic) bond motifs is 1. The Labute approximate surface area is 120 Å². The summed E-state index contributed by atoms with van der Waals surface area (Å²) in [7, 11) is 0. The molecule has 3 N–H and O–H groups in total. The number of anilines is 2. The highest BCUT2D eigenvalue weighted by atomic mass is 16.2. The third kappa shape index (κ3) is 2.81. The average Bonchev–Trinajstić information content (AvgIpc) is 2.83. The molecule has 3 rings (SSSR count). The second kappa shape index (κ2) is 5.20. The molecular formula is C14H14N6O. The molecule has 0 atom stereocenters. The zero-order valence-corrected chi connectivity index (χ0v) is 11.4. The number of aromatic nitrogens is 4. The molecule has 0 fully saturated rings. The third-order valence-electron chi connectivity index (χ3n) is 2.98. The number of nitrogens with zero attached hydrogens (tertiary/aromatic N) is 4. The van der Waals surface area contributed by atoms with Gasteiger partial charge in [0.2, 0.25) is 11.9 Å². The molecule has 106 valence electrons. The zero-order valence-electron chi connectivity index (χ0n) is 11.4. The van der Waals surface area contributed by atoms with Crippen molar-refractivity contribution < 1.29 is 4.79 Å². The van der Waals surface area contributed by atoms with Crippen molar-refractivity contribution in [3.63, 3.8) is 0 Å².